The molecule has 2 unspecified atom stereocenters. The minimum Gasteiger partial charge on any atom is -0.479 e. The fraction of sp³-hybridized carbons (Fsp3) is 0.923. The van der Waals surface area contributed by atoms with Crippen LogP contribution in [-0.4, -0.2) is 23.8 Å². The first-order valence-electron chi connectivity index (χ1n) is 6.68. The monoisotopic (exact) mass is 246 g/mol. The highest BCUT2D eigenvalue weighted by Crippen LogP contribution is 2.20. The van der Waals surface area contributed by atoms with Crippen molar-refractivity contribution in [1.82, 2.24) is 0 Å². The zero-order valence-electron chi connectivity index (χ0n) is 11.3. The second-order valence-electron chi connectivity index (χ2n) is 4.34. The third-order valence-corrected chi connectivity index (χ3v) is 2.88. The molecule has 0 aromatic rings. The van der Waals surface area contributed by atoms with E-state index in [1.165, 1.54) is 0 Å². The van der Waals surface area contributed by atoms with Gasteiger partial charge in [-0.25, -0.2) is 14.6 Å². The van der Waals surface area contributed by atoms with Crippen LogP contribution in [0.25, 0.3) is 0 Å². The van der Waals surface area contributed by atoms with E-state index in [-0.39, 0.29) is 5.92 Å². The lowest BCUT2D eigenvalue weighted by Crippen LogP contribution is -2.32. The van der Waals surface area contributed by atoms with Gasteiger partial charge in [-0.15, -0.1) is 0 Å². The number of aliphatic carboxylic acids is 1. The summed E-state index contributed by atoms with van der Waals surface area (Å²) in [6.07, 6.45) is 4.84. The van der Waals surface area contributed by atoms with Crippen molar-refractivity contribution >= 4 is 5.97 Å². The molecule has 0 amide bonds. The third-order valence-electron chi connectivity index (χ3n) is 2.88. The van der Waals surface area contributed by atoms with E-state index in [0.717, 1.165) is 38.5 Å². The van der Waals surface area contributed by atoms with Gasteiger partial charge in [0.05, 0.1) is 6.61 Å². The van der Waals surface area contributed by atoms with Crippen molar-refractivity contribution in [3.8, 4) is 0 Å². The molecule has 0 radical (unpaired) electrons. The molecule has 0 aromatic heterocycles. The molecule has 0 aliphatic heterocycles. The molecule has 0 aromatic carbocycles. The maximum absolute atomic E-state index is 11.1. The van der Waals surface area contributed by atoms with Crippen molar-refractivity contribution in [3.63, 3.8) is 0 Å². The van der Waals surface area contributed by atoms with Gasteiger partial charge in [0.2, 0.25) is 0 Å². The Balaban J connectivity index is 4.12. The zero-order chi connectivity index (χ0) is 13.1. The Kier molecular flexibility index (Phi) is 10.2. The predicted octanol–water partition coefficient (Wildman–Crippen LogP) is 3.40. The molecular weight excluding hydrogens is 220 g/mol. The molecule has 102 valence electrons. The maximum Gasteiger partial charge on any atom is 0.336 e. The summed E-state index contributed by atoms with van der Waals surface area (Å²) in [5.74, 6) is -0.890. The van der Waals surface area contributed by atoms with E-state index in [4.69, 9.17) is 14.9 Å². The summed E-state index contributed by atoms with van der Waals surface area (Å²) in [4.78, 5) is 21.2. The van der Waals surface area contributed by atoms with Crippen LogP contribution in [0.15, 0.2) is 0 Å². The van der Waals surface area contributed by atoms with Crippen molar-refractivity contribution in [2.45, 2.75) is 65.4 Å². The predicted molar refractivity (Wildman–Crippen MR) is 66.7 cm³/mol. The minimum atomic E-state index is -0.926. The molecule has 0 saturated heterocycles. The van der Waals surface area contributed by atoms with Crippen molar-refractivity contribution < 1.29 is 19.7 Å². The molecule has 2 atom stereocenters. The van der Waals surface area contributed by atoms with E-state index in [1.807, 2.05) is 13.8 Å². The van der Waals surface area contributed by atoms with Crippen molar-refractivity contribution in [2.24, 2.45) is 5.92 Å². The summed E-state index contributed by atoms with van der Waals surface area (Å²) in [5, 5.41) is 9.13. The van der Waals surface area contributed by atoms with E-state index >= 15 is 0 Å². The highest BCUT2D eigenvalue weighted by atomic mass is 17.2. The fourth-order valence-corrected chi connectivity index (χ4v) is 1.68. The number of hydrogen-bond donors (Lipinski definition) is 1. The van der Waals surface area contributed by atoms with E-state index in [9.17, 15) is 4.79 Å². The molecule has 0 aliphatic rings. The first-order chi connectivity index (χ1) is 8.17. The van der Waals surface area contributed by atoms with Gasteiger partial charge in [0.25, 0.3) is 0 Å². The van der Waals surface area contributed by atoms with Gasteiger partial charge >= 0.3 is 5.97 Å². The maximum atomic E-state index is 11.1. The number of carboxylic acid groups (broad SMARTS) is 1. The Hall–Kier alpha value is -0.610. The van der Waals surface area contributed by atoms with Crippen LogP contribution in [0.4, 0.5) is 0 Å². The van der Waals surface area contributed by atoms with Crippen LogP contribution in [0, 0.1) is 5.92 Å². The number of hydrogen-bond acceptors (Lipinski definition) is 3. The van der Waals surface area contributed by atoms with Crippen LogP contribution in [-0.2, 0) is 14.6 Å². The molecule has 0 heterocycles. The second-order valence-corrected chi connectivity index (χ2v) is 4.34. The topological polar surface area (TPSA) is 55.8 Å². The molecule has 0 spiro atoms. The van der Waals surface area contributed by atoms with E-state index in [0.29, 0.717) is 6.61 Å². The van der Waals surface area contributed by atoms with Gasteiger partial charge < -0.3 is 5.11 Å². The summed E-state index contributed by atoms with van der Waals surface area (Å²) >= 11 is 0. The zero-order valence-corrected chi connectivity index (χ0v) is 11.3. The van der Waals surface area contributed by atoms with Crippen molar-refractivity contribution in [3.05, 3.63) is 0 Å². The number of carbonyl (C=O) groups is 1. The summed E-state index contributed by atoms with van der Waals surface area (Å²) < 4.78 is 0. The highest BCUT2D eigenvalue weighted by Gasteiger charge is 2.28. The normalized spacial score (nSPS) is 14.5. The average molecular weight is 246 g/mol. The van der Waals surface area contributed by atoms with E-state index < -0.39 is 12.1 Å². The summed E-state index contributed by atoms with van der Waals surface area (Å²) in [7, 11) is 0. The molecular formula is C13H26O4. The van der Waals surface area contributed by atoms with Gasteiger partial charge in [0.15, 0.2) is 6.10 Å². The van der Waals surface area contributed by atoms with Gasteiger partial charge in [-0.05, 0) is 18.8 Å². The Labute approximate surface area is 104 Å². The van der Waals surface area contributed by atoms with Crippen LogP contribution < -0.4 is 0 Å². The van der Waals surface area contributed by atoms with Crippen LogP contribution in [0.1, 0.15) is 59.3 Å². The molecule has 0 fully saturated rings. The first-order valence-corrected chi connectivity index (χ1v) is 6.68. The fourth-order valence-electron chi connectivity index (χ4n) is 1.68. The molecule has 0 aliphatic carbocycles. The molecule has 4 nitrogen and oxygen atoms in total. The number of rotatable bonds is 11. The molecule has 4 heteroatoms. The summed E-state index contributed by atoms with van der Waals surface area (Å²) in [6.45, 7) is 6.60. The summed E-state index contributed by atoms with van der Waals surface area (Å²) in [5.41, 5.74) is 0. The number of unbranched alkanes of at least 4 members (excludes halogenated alkanes) is 2. The SMILES string of the molecule is CCCCOOC(C(=O)O)C(CC)CCCC. The first kappa shape index (κ1) is 16.4. The lowest BCUT2D eigenvalue weighted by atomic mass is 9.93. The standard InChI is InChI=1S/C13H26O4/c1-4-7-9-11(6-3)12(13(14)15)17-16-10-8-5-2/h11-12H,4-10H2,1-3H3,(H,14,15). The van der Waals surface area contributed by atoms with E-state index in [2.05, 4.69) is 6.92 Å². The molecule has 0 bridgehead atoms. The van der Waals surface area contributed by atoms with Gasteiger partial charge in [-0.3, -0.25) is 0 Å². The third kappa shape index (κ3) is 7.34. The van der Waals surface area contributed by atoms with Crippen molar-refractivity contribution in [1.29, 1.82) is 0 Å². The minimum absolute atomic E-state index is 0.0362. The Bertz CT molecular complexity index is 194. The van der Waals surface area contributed by atoms with Gasteiger partial charge in [-0.1, -0.05) is 46.5 Å². The van der Waals surface area contributed by atoms with Crippen LogP contribution in [0.3, 0.4) is 0 Å². The van der Waals surface area contributed by atoms with Gasteiger partial charge in [0.1, 0.15) is 0 Å². The molecule has 17 heavy (non-hydrogen) atoms. The van der Waals surface area contributed by atoms with E-state index in [1.54, 1.807) is 0 Å². The van der Waals surface area contributed by atoms with Crippen LogP contribution >= 0.6 is 0 Å². The second kappa shape index (κ2) is 10.5. The lowest BCUT2D eigenvalue weighted by molar-refractivity contribution is -0.329. The quantitative estimate of drug-likeness (QED) is 0.345. The lowest BCUT2D eigenvalue weighted by Gasteiger charge is -2.21. The highest BCUT2D eigenvalue weighted by molar-refractivity contribution is 5.72. The molecule has 0 saturated carbocycles. The smallest absolute Gasteiger partial charge is 0.336 e. The van der Waals surface area contributed by atoms with Gasteiger partial charge in [-0.2, -0.15) is 0 Å². The Morgan fingerprint density at radius 2 is 1.82 bits per heavy atom. The van der Waals surface area contributed by atoms with Crippen molar-refractivity contribution in [2.75, 3.05) is 6.61 Å². The van der Waals surface area contributed by atoms with Gasteiger partial charge in [0, 0.05) is 0 Å². The van der Waals surface area contributed by atoms with Crippen LogP contribution in [0.2, 0.25) is 0 Å². The molecule has 1 N–H and O–H groups in total. The summed E-state index contributed by atoms with van der Waals surface area (Å²) in [6, 6.07) is 0. The Morgan fingerprint density at radius 3 is 2.29 bits per heavy atom. The largest absolute Gasteiger partial charge is 0.479 e. The average Bonchev–Trinajstić information content (AvgIpc) is 2.32. The number of carboxylic acids is 1. The molecule has 0 rings (SSSR count). The van der Waals surface area contributed by atoms with Crippen LogP contribution in [0.5, 0.6) is 0 Å². The Morgan fingerprint density at radius 1 is 1.18 bits per heavy atom.